The zero-order chi connectivity index (χ0) is 12.0. The molecule has 3 atom stereocenters. The molecule has 1 aliphatic carbocycles. The van der Waals surface area contributed by atoms with Crippen LogP contribution < -0.4 is 5.32 Å². The van der Waals surface area contributed by atoms with E-state index in [1.165, 1.54) is 45.1 Å². The number of hydrogen-bond donors (Lipinski definition) is 1. The molecule has 1 saturated carbocycles. The Labute approximate surface area is 102 Å². The first kappa shape index (κ1) is 14.0. The van der Waals surface area contributed by atoms with Gasteiger partial charge in [-0.2, -0.15) is 0 Å². The summed E-state index contributed by atoms with van der Waals surface area (Å²) in [5, 5.41) is 3.65. The Bertz CT molecular complexity index is 176. The SMILES string of the molecule is CCC(C)C1CCCCCC1CNC(C)C. The summed E-state index contributed by atoms with van der Waals surface area (Å²) in [6.07, 6.45) is 8.66. The van der Waals surface area contributed by atoms with Crippen LogP contribution in [0.25, 0.3) is 0 Å². The lowest BCUT2D eigenvalue weighted by molar-refractivity contribution is 0.211. The van der Waals surface area contributed by atoms with Gasteiger partial charge in [0.05, 0.1) is 0 Å². The third-order valence-electron chi connectivity index (χ3n) is 4.38. The summed E-state index contributed by atoms with van der Waals surface area (Å²) in [4.78, 5) is 0. The molecule has 0 heterocycles. The molecule has 0 saturated heterocycles. The van der Waals surface area contributed by atoms with Crippen LogP contribution >= 0.6 is 0 Å². The highest BCUT2D eigenvalue weighted by molar-refractivity contribution is 4.79. The second-order valence-corrected chi connectivity index (χ2v) is 6.01. The van der Waals surface area contributed by atoms with Gasteiger partial charge in [-0.25, -0.2) is 0 Å². The van der Waals surface area contributed by atoms with Crippen LogP contribution in [0.3, 0.4) is 0 Å². The maximum absolute atomic E-state index is 3.65. The van der Waals surface area contributed by atoms with Crippen molar-refractivity contribution < 1.29 is 0 Å². The van der Waals surface area contributed by atoms with Crippen LogP contribution in [-0.4, -0.2) is 12.6 Å². The van der Waals surface area contributed by atoms with Gasteiger partial charge in [0.2, 0.25) is 0 Å². The summed E-state index contributed by atoms with van der Waals surface area (Å²) in [6, 6.07) is 0.640. The van der Waals surface area contributed by atoms with Gasteiger partial charge < -0.3 is 5.32 Å². The van der Waals surface area contributed by atoms with Crippen LogP contribution in [0.15, 0.2) is 0 Å². The van der Waals surface area contributed by atoms with E-state index in [2.05, 4.69) is 33.0 Å². The molecule has 96 valence electrons. The summed E-state index contributed by atoms with van der Waals surface area (Å²) < 4.78 is 0. The van der Waals surface area contributed by atoms with Gasteiger partial charge in [-0.1, -0.05) is 53.4 Å². The molecule has 0 amide bonds. The van der Waals surface area contributed by atoms with Crippen molar-refractivity contribution in [3.63, 3.8) is 0 Å². The molecular weight excluding hydrogens is 194 g/mol. The van der Waals surface area contributed by atoms with Crippen molar-refractivity contribution in [1.29, 1.82) is 0 Å². The van der Waals surface area contributed by atoms with E-state index in [1.807, 2.05) is 0 Å². The second-order valence-electron chi connectivity index (χ2n) is 6.01. The molecule has 0 spiro atoms. The molecule has 1 rings (SSSR count). The van der Waals surface area contributed by atoms with Crippen LogP contribution in [0.1, 0.15) is 66.2 Å². The molecule has 0 aromatic heterocycles. The molecule has 1 heteroatoms. The van der Waals surface area contributed by atoms with Crippen LogP contribution in [-0.2, 0) is 0 Å². The minimum Gasteiger partial charge on any atom is -0.314 e. The summed E-state index contributed by atoms with van der Waals surface area (Å²) in [7, 11) is 0. The number of nitrogens with one attached hydrogen (secondary N) is 1. The molecule has 1 aliphatic rings. The fraction of sp³-hybridized carbons (Fsp3) is 1.00. The largest absolute Gasteiger partial charge is 0.314 e. The minimum absolute atomic E-state index is 0.640. The molecule has 0 radical (unpaired) electrons. The van der Waals surface area contributed by atoms with Gasteiger partial charge in [0.25, 0.3) is 0 Å². The molecule has 0 aromatic rings. The molecule has 1 N–H and O–H groups in total. The van der Waals surface area contributed by atoms with Gasteiger partial charge >= 0.3 is 0 Å². The van der Waals surface area contributed by atoms with Crippen LogP contribution in [0.2, 0.25) is 0 Å². The molecular formula is C15H31N. The summed E-state index contributed by atoms with van der Waals surface area (Å²) in [5.41, 5.74) is 0. The Morgan fingerprint density at radius 2 is 1.75 bits per heavy atom. The molecule has 0 aliphatic heterocycles. The fourth-order valence-corrected chi connectivity index (χ4v) is 3.11. The van der Waals surface area contributed by atoms with Crippen molar-refractivity contribution in [2.45, 2.75) is 72.3 Å². The molecule has 1 nitrogen and oxygen atoms in total. The minimum atomic E-state index is 0.640. The zero-order valence-corrected chi connectivity index (χ0v) is 11.8. The molecule has 0 bridgehead atoms. The van der Waals surface area contributed by atoms with E-state index < -0.39 is 0 Å². The van der Waals surface area contributed by atoms with Crippen LogP contribution in [0.5, 0.6) is 0 Å². The standard InChI is InChI=1S/C15H31N/c1-5-13(4)15-10-8-6-7-9-14(15)11-16-12(2)3/h12-16H,5-11H2,1-4H3. The van der Waals surface area contributed by atoms with E-state index in [1.54, 1.807) is 0 Å². The smallest absolute Gasteiger partial charge is 0.00104 e. The molecule has 0 aromatic carbocycles. The Morgan fingerprint density at radius 1 is 1.06 bits per heavy atom. The van der Waals surface area contributed by atoms with E-state index in [9.17, 15) is 0 Å². The fourth-order valence-electron chi connectivity index (χ4n) is 3.11. The first-order chi connectivity index (χ1) is 7.65. The number of rotatable bonds is 5. The highest BCUT2D eigenvalue weighted by Crippen LogP contribution is 2.34. The first-order valence-electron chi connectivity index (χ1n) is 7.38. The van der Waals surface area contributed by atoms with Crippen LogP contribution in [0, 0.1) is 17.8 Å². The van der Waals surface area contributed by atoms with Crippen molar-refractivity contribution in [2.75, 3.05) is 6.54 Å². The Hall–Kier alpha value is -0.0400. The van der Waals surface area contributed by atoms with Crippen LogP contribution in [0.4, 0.5) is 0 Å². The van der Waals surface area contributed by atoms with E-state index in [0.29, 0.717) is 6.04 Å². The van der Waals surface area contributed by atoms with E-state index in [-0.39, 0.29) is 0 Å². The first-order valence-corrected chi connectivity index (χ1v) is 7.38. The van der Waals surface area contributed by atoms with E-state index >= 15 is 0 Å². The lowest BCUT2D eigenvalue weighted by Gasteiger charge is -2.31. The molecule has 3 unspecified atom stereocenters. The monoisotopic (exact) mass is 225 g/mol. The predicted octanol–water partition coefficient (Wildman–Crippen LogP) is 4.23. The third kappa shape index (κ3) is 4.45. The Balaban J connectivity index is 2.51. The molecule has 16 heavy (non-hydrogen) atoms. The third-order valence-corrected chi connectivity index (χ3v) is 4.38. The van der Waals surface area contributed by atoms with Crippen molar-refractivity contribution >= 4 is 0 Å². The maximum Gasteiger partial charge on any atom is 0.00104 e. The van der Waals surface area contributed by atoms with E-state index in [4.69, 9.17) is 0 Å². The number of hydrogen-bond acceptors (Lipinski definition) is 1. The average Bonchev–Trinajstić information content (AvgIpc) is 2.50. The van der Waals surface area contributed by atoms with Gasteiger partial charge in [0.15, 0.2) is 0 Å². The van der Waals surface area contributed by atoms with Gasteiger partial charge in [-0.3, -0.25) is 0 Å². The van der Waals surface area contributed by atoms with Gasteiger partial charge in [-0.05, 0) is 37.1 Å². The quantitative estimate of drug-likeness (QED) is 0.691. The zero-order valence-electron chi connectivity index (χ0n) is 11.8. The average molecular weight is 225 g/mol. The van der Waals surface area contributed by atoms with E-state index in [0.717, 1.165) is 17.8 Å². The summed E-state index contributed by atoms with van der Waals surface area (Å²) in [5.74, 6) is 2.82. The second kappa shape index (κ2) is 7.32. The predicted molar refractivity (Wildman–Crippen MR) is 72.7 cm³/mol. The normalized spacial score (nSPS) is 29.1. The Morgan fingerprint density at radius 3 is 2.38 bits per heavy atom. The van der Waals surface area contributed by atoms with Crippen molar-refractivity contribution in [3.05, 3.63) is 0 Å². The van der Waals surface area contributed by atoms with Crippen molar-refractivity contribution in [3.8, 4) is 0 Å². The Kier molecular flexibility index (Phi) is 6.41. The maximum atomic E-state index is 3.65. The highest BCUT2D eigenvalue weighted by atomic mass is 14.9. The summed E-state index contributed by atoms with van der Waals surface area (Å²) >= 11 is 0. The lowest BCUT2D eigenvalue weighted by atomic mass is 9.78. The highest BCUT2D eigenvalue weighted by Gasteiger charge is 2.27. The van der Waals surface area contributed by atoms with Gasteiger partial charge in [0, 0.05) is 6.04 Å². The van der Waals surface area contributed by atoms with Gasteiger partial charge in [0.1, 0.15) is 0 Å². The van der Waals surface area contributed by atoms with Crippen molar-refractivity contribution in [1.82, 2.24) is 5.32 Å². The summed E-state index contributed by atoms with van der Waals surface area (Å²) in [6.45, 7) is 10.6. The molecule has 1 fully saturated rings. The van der Waals surface area contributed by atoms with Gasteiger partial charge in [-0.15, -0.1) is 0 Å². The van der Waals surface area contributed by atoms with Crippen molar-refractivity contribution in [2.24, 2.45) is 17.8 Å². The topological polar surface area (TPSA) is 12.0 Å². The lowest BCUT2D eigenvalue weighted by Crippen LogP contribution is -2.34.